The zero-order chi connectivity index (χ0) is 23.6. The topological polar surface area (TPSA) is 89.3 Å². The number of hydrogen-bond donors (Lipinski definition) is 1. The summed E-state index contributed by atoms with van der Waals surface area (Å²) >= 11 is 1.29. The Hall–Kier alpha value is -3.23. The van der Waals surface area contributed by atoms with E-state index in [-0.39, 0.29) is 21.8 Å². The van der Waals surface area contributed by atoms with Crippen LogP contribution in [0.15, 0.2) is 81.6 Å². The molecule has 0 aliphatic rings. The maximum atomic E-state index is 12.8. The lowest BCUT2D eigenvalue weighted by molar-refractivity contribution is 0.0995. The van der Waals surface area contributed by atoms with Crippen LogP contribution in [-0.4, -0.2) is 19.3 Å². The number of furan rings is 1. The first-order valence-electron chi connectivity index (χ1n) is 10.4. The number of anilines is 1. The van der Waals surface area contributed by atoms with Crippen LogP contribution in [0.4, 0.5) is 5.13 Å². The Morgan fingerprint density at radius 3 is 2.39 bits per heavy atom. The van der Waals surface area contributed by atoms with Gasteiger partial charge in [0.25, 0.3) is 5.91 Å². The number of amides is 1. The molecule has 0 aliphatic carbocycles. The van der Waals surface area contributed by atoms with Gasteiger partial charge in [-0.1, -0.05) is 63.2 Å². The molecule has 6 nitrogen and oxygen atoms in total. The van der Waals surface area contributed by atoms with Crippen molar-refractivity contribution < 1.29 is 17.6 Å². The minimum absolute atomic E-state index is 0.0409. The van der Waals surface area contributed by atoms with Crippen molar-refractivity contribution >= 4 is 32.2 Å². The van der Waals surface area contributed by atoms with Crippen molar-refractivity contribution in [2.24, 2.45) is 0 Å². The molecule has 0 saturated carbocycles. The van der Waals surface area contributed by atoms with Crippen LogP contribution in [0.25, 0.3) is 11.3 Å². The fourth-order valence-electron chi connectivity index (χ4n) is 3.32. The monoisotopic (exact) mass is 480 g/mol. The van der Waals surface area contributed by atoms with Crippen LogP contribution in [-0.2, 0) is 21.0 Å². The molecule has 2 heterocycles. The standard InChI is InChI=1S/C25H24N2O4S2/c1-25(2,3)19-11-9-17(10-12-19)21-15-32-24(26-21)27-23(28)22-18(13-14-31-22)16-33(29,30)20-7-5-4-6-8-20/h4-15H,16H2,1-3H3,(H,26,27,28). The van der Waals surface area contributed by atoms with Crippen molar-refractivity contribution in [3.63, 3.8) is 0 Å². The van der Waals surface area contributed by atoms with Crippen molar-refractivity contribution in [1.82, 2.24) is 4.98 Å². The fourth-order valence-corrected chi connectivity index (χ4v) is 5.41. The Balaban J connectivity index is 1.48. The third-order valence-corrected chi connectivity index (χ3v) is 7.61. The lowest BCUT2D eigenvalue weighted by Crippen LogP contribution is -2.14. The second kappa shape index (κ2) is 8.96. The quantitative estimate of drug-likeness (QED) is 0.370. The number of nitrogens with zero attached hydrogens (tertiary/aromatic N) is 1. The molecule has 4 rings (SSSR count). The van der Waals surface area contributed by atoms with Gasteiger partial charge in [-0.3, -0.25) is 10.1 Å². The van der Waals surface area contributed by atoms with E-state index in [1.54, 1.807) is 18.2 Å². The molecule has 0 unspecified atom stereocenters. The third-order valence-electron chi connectivity index (χ3n) is 5.17. The molecule has 170 valence electrons. The number of hydrogen-bond acceptors (Lipinski definition) is 6. The molecule has 2 aromatic carbocycles. The average molecular weight is 481 g/mol. The van der Waals surface area contributed by atoms with E-state index in [2.05, 4.69) is 43.2 Å². The van der Waals surface area contributed by atoms with Crippen molar-refractivity contribution in [1.29, 1.82) is 0 Å². The first-order valence-corrected chi connectivity index (χ1v) is 12.9. The van der Waals surface area contributed by atoms with Gasteiger partial charge in [0.2, 0.25) is 0 Å². The molecular formula is C25H24N2O4S2. The number of rotatable bonds is 6. The molecule has 0 radical (unpaired) electrons. The van der Waals surface area contributed by atoms with Gasteiger partial charge < -0.3 is 4.42 Å². The van der Waals surface area contributed by atoms with Crippen molar-refractivity contribution in [2.75, 3.05) is 5.32 Å². The smallest absolute Gasteiger partial charge is 0.293 e. The Bertz CT molecular complexity index is 1360. The molecule has 0 spiro atoms. The van der Waals surface area contributed by atoms with Gasteiger partial charge >= 0.3 is 0 Å². The van der Waals surface area contributed by atoms with E-state index in [1.165, 1.54) is 41.4 Å². The fraction of sp³-hybridized carbons (Fsp3) is 0.200. The lowest BCUT2D eigenvalue weighted by atomic mass is 9.86. The van der Waals surface area contributed by atoms with Gasteiger partial charge in [0.1, 0.15) is 0 Å². The zero-order valence-corrected chi connectivity index (χ0v) is 20.2. The SMILES string of the molecule is CC(C)(C)c1ccc(-c2csc(NC(=O)c3occc3CS(=O)(=O)c3ccccc3)n2)cc1. The minimum Gasteiger partial charge on any atom is -0.459 e. The predicted molar refractivity (Wildman–Crippen MR) is 130 cm³/mol. The summed E-state index contributed by atoms with van der Waals surface area (Å²) in [5.74, 6) is -0.914. The Morgan fingerprint density at radius 2 is 1.73 bits per heavy atom. The second-order valence-corrected chi connectivity index (χ2v) is 11.5. The summed E-state index contributed by atoms with van der Waals surface area (Å²) in [7, 11) is -3.61. The highest BCUT2D eigenvalue weighted by molar-refractivity contribution is 7.90. The van der Waals surface area contributed by atoms with Crippen LogP contribution in [0.3, 0.4) is 0 Å². The maximum Gasteiger partial charge on any atom is 0.293 e. The number of carbonyl (C=O) groups is 1. The second-order valence-electron chi connectivity index (χ2n) is 8.67. The van der Waals surface area contributed by atoms with Gasteiger partial charge in [-0.2, -0.15) is 0 Å². The van der Waals surface area contributed by atoms with E-state index in [0.29, 0.717) is 10.7 Å². The van der Waals surface area contributed by atoms with E-state index in [4.69, 9.17) is 4.42 Å². The number of benzene rings is 2. The Labute approximate surface area is 197 Å². The van der Waals surface area contributed by atoms with Crippen LogP contribution >= 0.6 is 11.3 Å². The van der Waals surface area contributed by atoms with Gasteiger partial charge in [-0.25, -0.2) is 13.4 Å². The molecule has 4 aromatic rings. The summed E-state index contributed by atoms with van der Waals surface area (Å²) in [6, 6.07) is 17.8. The first kappa shape index (κ1) is 22.9. The van der Waals surface area contributed by atoms with Crippen molar-refractivity contribution in [2.45, 2.75) is 36.8 Å². The summed E-state index contributed by atoms with van der Waals surface area (Å²) < 4.78 is 30.7. The molecule has 0 fully saturated rings. The van der Waals surface area contributed by atoms with Gasteiger partial charge in [0, 0.05) is 16.5 Å². The first-order chi connectivity index (χ1) is 15.6. The number of thiazole rings is 1. The molecule has 0 aliphatic heterocycles. The predicted octanol–water partition coefficient (Wildman–Crippen LogP) is 5.93. The van der Waals surface area contributed by atoms with Gasteiger partial charge in [-0.05, 0) is 29.2 Å². The highest BCUT2D eigenvalue weighted by Crippen LogP contribution is 2.29. The molecule has 0 bridgehead atoms. The summed E-state index contributed by atoms with van der Waals surface area (Å²) in [4.78, 5) is 17.5. The summed E-state index contributed by atoms with van der Waals surface area (Å²) in [5, 5.41) is 4.99. The lowest BCUT2D eigenvalue weighted by Gasteiger charge is -2.18. The molecule has 1 N–H and O–H groups in total. The Morgan fingerprint density at radius 1 is 1.03 bits per heavy atom. The van der Waals surface area contributed by atoms with Crippen LogP contribution in [0, 0.1) is 0 Å². The zero-order valence-electron chi connectivity index (χ0n) is 18.5. The van der Waals surface area contributed by atoms with Crippen LogP contribution in [0.2, 0.25) is 0 Å². The number of nitrogens with one attached hydrogen (secondary N) is 1. The summed E-state index contributed by atoms with van der Waals surface area (Å²) in [6.45, 7) is 6.48. The summed E-state index contributed by atoms with van der Waals surface area (Å²) in [6.07, 6.45) is 1.31. The third kappa shape index (κ3) is 5.23. The average Bonchev–Trinajstić information content (AvgIpc) is 3.43. The molecular weight excluding hydrogens is 456 g/mol. The van der Waals surface area contributed by atoms with Crippen molar-refractivity contribution in [3.05, 3.63) is 89.2 Å². The normalized spacial score (nSPS) is 12.0. The molecule has 0 saturated heterocycles. The molecule has 2 aromatic heterocycles. The highest BCUT2D eigenvalue weighted by atomic mass is 32.2. The van der Waals surface area contributed by atoms with E-state index in [1.807, 2.05) is 17.5 Å². The molecule has 8 heteroatoms. The molecule has 0 atom stereocenters. The van der Waals surface area contributed by atoms with E-state index in [9.17, 15) is 13.2 Å². The largest absolute Gasteiger partial charge is 0.459 e. The van der Waals surface area contributed by atoms with Crippen LogP contribution in [0.5, 0.6) is 0 Å². The Kier molecular flexibility index (Phi) is 6.23. The van der Waals surface area contributed by atoms with Gasteiger partial charge in [0.05, 0.1) is 22.6 Å². The number of aromatic nitrogens is 1. The highest BCUT2D eigenvalue weighted by Gasteiger charge is 2.23. The molecule has 1 amide bonds. The number of carbonyl (C=O) groups excluding carboxylic acids is 1. The van der Waals surface area contributed by atoms with E-state index < -0.39 is 15.7 Å². The minimum atomic E-state index is -3.61. The van der Waals surface area contributed by atoms with Crippen LogP contribution < -0.4 is 5.32 Å². The van der Waals surface area contributed by atoms with Crippen molar-refractivity contribution in [3.8, 4) is 11.3 Å². The number of sulfone groups is 1. The van der Waals surface area contributed by atoms with Crippen LogP contribution in [0.1, 0.15) is 42.5 Å². The van der Waals surface area contributed by atoms with E-state index >= 15 is 0 Å². The maximum absolute atomic E-state index is 12.8. The summed E-state index contributed by atoms with van der Waals surface area (Å²) in [5.41, 5.74) is 3.29. The van der Waals surface area contributed by atoms with Gasteiger partial charge in [-0.15, -0.1) is 11.3 Å². The molecule has 33 heavy (non-hydrogen) atoms. The van der Waals surface area contributed by atoms with E-state index in [0.717, 1.165) is 11.3 Å². The van der Waals surface area contributed by atoms with Gasteiger partial charge in [0.15, 0.2) is 20.7 Å².